The van der Waals surface area contributed by atoms with E-state index >= 15 is 0 Å². The lowest BCUT2D eigenvalue weighted by molar-refractivity contribution is -0.131. The monoisotopic (exact) mass is 416 g/mol. The summed E-state index contributed by atoms with van der Waals surface area (Å²) in [5.41, 5.74) is 0.795. The second kappa shape index (κ2) is 7.06. The quantitative estimate of drug-likeness (QED) is 0.700. The first kappa shape index (κ1) is 15.3. The lowest BCUT2D eigenvalue weighted by Crippen LogP contribution is -1.94. The molecule has 0 amide bonds. The van der Waals surface area contributed by atoms with Crippen LogP contribution >= 0.6 is 43.2 Å². The van der Waals surface area contributed by atoms with Crippen LogP contribution in [0.3, 0.4) is 0 Å². The van der Waals surface area contributed by atoms with E-state index < -0.39 is 5.97 Å². The van der Waals surface area contributed by atoms with Crippen LogP contribution in [0.25, 0.3) is 6.08 Å². The molecule has 6 heteroatoms. The first-order valence-corrected chi connectivity index (χ1v) is 8.08. The molecule has 1 heterocycles. The Morgan fingerprint density at radius 2 is 2.10 bits per heavy atom. The van der Waals surface area contributed by atoms with Crippen molar-refractivity contribution in [3.63, 3.8) is 0 Å². The molecular weight excluding hydrogens is 408 g/mol. The second-order valence-electron chi connectivity index (χ2n) is 3.84. The number of carboxylic acid groups (broad SMARTS) is 1. The molecule has 0 bridgehead atoms. The van der Waals surface area contributed by atoms with Gasteiger partial charge in [-0.15, -0.1) is 11.3 Å². The Balaban J connectivity index is 2.06. The van der Waals surface area contributed by atoms with Crippen molar-refractivity contribution in [2.45, 2.75) is 6.61 Å². The molecule has 0 radical (unpaired) electrons. The average Bonchev–Trinajstić information content (AvgIpc) is 2.81. The first-order valence-electron chi connectivity index (χ1n) is 5.61. The highest BCUT2D eigenvalue weighted by molar-refractivity contribution is 9.10. The van der Waals surface area contributed by atoms with Gasteiger partial charge in [0.15, 0.2) is 0 Å². The fourth-order valence-corrected chi connectivity index (χ4v) is 3.37. The molecule has 1 N–H and O–H groups in total. The van der Waals surface area contributed by atoms with E-state index in [2.05, 4.69) is 31.9 Å². The number of halogens is 2. The predicted octanol–water partition coefficient (Wildman–Crippen LogP) is 4.95. The standard InChI is InChI=1S/C14H10Br2O3S/c15-10-5-6-20-13(10)8-19-12-3-1-9(7-11(12)16)2-4-14(17)18/h1-7H,8H2,(H,17,18). The average molecular weight is 418 g/mol. The SMILES string of the molecule is O=C(O)C=Cc1ccc(OCc2sccc2Br)c(Br)c1. The highest BCUT2D eigenvalue weighted by Gasteiger charge is 2.05. The van der Waals surface area contributed by atoms with E-state index in [1.807, 2.05) is 29.6 Å². The molecule has 3 nitrogen and oxygen atoms in total. The molecular formula is C14H10Br2O3S. The maximum absolute atomic E-state index is 10.5. The van der Waals surface area contributed by atoms with Crippen LogP contribution in [0.1, 0.15) is 10.4 Å². The van der Waals surface area contributed by atoms with E-state index in [-0.39, 0.29) is 0 Å². The summed E-state index contributed by atoms with van der Waals surface area (Å²) in [5.74, 6) is -0.248. The molecule has 0 aliphatic carbocycles. The van der Waals surface area contributed by atoms with Crippen LogP contribution < -0.4 is 4.74 Å². The molecule has 0 spiro atoms. The number of thiophene rings is 1. The lowest BCUT2D eigenvalue weighted by Gasteiger charge is -2.08. The van der Waals surface area contributed by atoms with Crippen molar-refractivity contribution in [1.82, 2.24) is 0 Å². The summed E-state index contributed by atoms with van der Waals surface area (Å²) in [4.78, 5) is 11.6. The number of rotatable bonds is 5. The molecule has 1 aromatic carbocycles. The van der Waals surface area contributed by atoms with Gasteiger partial charge in [0, 0.05) is 10.5 Å². The Morgan fingerprint density at radius 3 is 2.70 bits per heavy atom. The Morgan fingerprint density at radius 1 is 1.30 bits per heavy atom. The van der Waals surface area contributed by atoms with Gasteiger partial charge in [0.2, 0.25) is 0 Å². The fourth-order valence-electron chi connectivity index (χ4n) is 1.48. The number of ether oxygens (including phenoxy) is 1. The Bertz CT molecular complexity index is 650. The smallest absolute Gasteiger partial charge is 0.328 e. The Kier molecular flexibility index (Phi) is 5.39. The molecule has 0 aliphatic rings. The van der Waals surface area contributed by atoms with Crippen LogP contribution in [0.4, 0.5) is 0 Å². The minimum Gasteiger partial charge on any atom is -0.487 e. The van der Waals surface area contributed by atoms with Gasteiger partial charge in [-0.25, -0.2) is 4.79 Å². The highest BCUT2D eigenvalue weighted by atomic mass is 79.9. The normalized spacial score (nSPS) is 10.9. The molecule has 0 saturated carbocycles. The Labute approximate surface area is 137 Å². The van der Waals surface area contributed by atoms with Crippen molar-refractivity contribution < 1.29 is 14.6 Å². The van der Waals surface area contributed by atoms with Gasteiger partial charge < -0.3 is 9.84 Å². The number of aliphatic carboxylic acids is 1. The predicted molar refractivity (Wildman–Crippen MR) is 87.2 cm³/mol. The molecule has 104 valence electrons. The van der Waals surface area contributed by atoms with E-state index in [4.69, 9.17) is 9.84 Å². The van der Waals surface area contributed by atoms with Crippen molar-refractivity contribution in [1.29, 1.82) is 0 Å². The largest absolute Gasteiger partial charge is 0.487 e. The van der Waals surface area contributed by atoms with E-state index in [1.165, 1.54) is 6.08 Å². The van der Waals surface area contributed by atoms with E-state index in [0.717, 1.165) is 31.2 Å². The summed E-state index contributed by atoms with van der Waals surface area (Å²) >= 11 is 8.51. The minimum absolute atomic E-state index is 0.487. The number of benzene rings is 1. The van der Waals surface area contributed by atoms with Gasteiger partial charge in [-0.2, -0.15) is 0 Å². The lowest BCUT2D eigenvalue weighted by atomic mass is 10.2. The third-order valence-corrected chi connectivity index (χ3v) is 4.94. The molecule has 2 aromatic rings. The van der Waals surface area contributed by atoms with Gasteiger partial charge in [0.25, 0.3) is 0 Å². The summed E-state index contributed by atoms with van der Waals surface area (Å²) in [6, 6.07) is 7.42. The van der Waals surface area contributed by atoms with Crippen molar-refractivity contribution in [2.24, 2.45) is 0 Å². The fraction of sp³-hybridized carbons (Fsp3) is 0.0714. The van der Waals surface area contributed by atoms with Crippen LogP contribution in [-0.2, 0) is 11.4 Å². The zero-order valence-electron chi connectivity index (χ0n) is 10.2. The number of carboxylic acids is 1. The highest BCUT2D eigenvalue weighted by Crippen LogP contribution is 2.29. The summed E-state index contributed by atoms with van der Waals surface area (Å²) < 4.78 is 7.57. The zero-order chi connectivity index (χ0) is 14.5. The second-order valence-corrected chi connectivity index (χ2v) is 6.55. The summed E-state index contributed by atoms with van der Waals surface area (Å²) in [7, 11) is 0. The van der Waals surface area contributed by atoms with Crippen LogP contribution in [0.5, 0.6) is 5.75 Å². The molecule has 0 fully saturated rings. The van der Waals surface area contributed by atoms with Gasteiger partial charge in [-0.3, -0.25) is 0 Å². The number of carbonyl (C=O) groups is 1. The molecule has 0 unspecified atom stereocenters. The molecule has 0 aliphatic heterocycles. The topological polar surface area (TPSA) is 46.5 Å². The number of hydrogen-bond acceptors (Lipinski definition) is 3. The van der Waals surface area contributed by atoms with Gasteiger partial charge in [0.1, 0.15) is 12.4 Å². The number of hydrogen-bond donors (Lipinski definition) is 1. The molecule has 20 heavy (non-hydrogen) atoms. The molecule has 0 atom stereocenters. The molecule has 1 aromatic heterocycles. The molecule has 0 saturated heterocycles. The van der Waals surface area contributed by atoms with E-state index in [9.17, 15) is 4.79 Å². The van der Waals surface area contributed by atoms with Crippen molar-refractivity contribution >= 4 is 55.2 Å². The third kappa shape index (κ3) is 4.19. The molecule has 2 rings (SSSR count). The van der Waals surface area contributed by atoms with Crippen LogP contribution in [0, 0.1) is 0 Å². The van der Waals surface area contributed by atoms with Gasteiger partial charge in [-0.05, 0) is 67.1 Å². The van der Waals surface area contributed by atoms with Gasteiger partial charge in [0.05, 0.1) is 9.35 Å². The zero-order valence-corrected chi connectivity index (χ0v) is 14.2. The van der Waals surface area contributed by atoms with E-state index in [0.29, 0.717) is 6.61 Å². The maximum atomic E-state index is 10.5. The first-order chi connectivity index (χ1) is 9.56. The van der Waals surface area contributed by atoms with Gasteiger partial charge >= 0.3 is 5.97 Å². The summed E-state index contributed by atoms with van der Waals surface area (Å²) in [5, 5.41) is 10.6. The Hall–Kier alpha value is -1.11. The maximum Gasteiger partial charge on any atom is 0.328 e. The van der Waals surface area contributed by atoms with Crippen molar-refractivity contribution in [3.05, 3.63) is 55.1 Å². The van der Waals surface area contributed by atoms with E-state index in [1.54, 1.807) is 11.3 Å². The van der Waals surface area contributed by atoms with Crippen molar-refractivity contribution in [3.8, 4) is 5.75 Å². The summed E-state index contributed by atoms with van der Waals surface area (Å²) in [6.45, 7) is 0.487. The van der Waals surface area contributed by atoms with Crippen molar-refractivity contribution in [2.75, 3.05) is 0 Å². The van der Waals surface area contributed by atoms with Gasteiger partial charge in [-0.1, -0.05) is 6.07 Å². The third-order valence-electron chi connectivity index (χ3n) is 2.42. The van der Waals surface area contributed by atoms with Crippen LogP contribution in [0.2, 0.25) is 0 Å². The van der Waals surface area contributed by atoms with Crippen LogP contribution in [-0.4, -0.2) is 11.1 Å². The van der Waals surface area contributed by atoms with Crippen LogP contribution in [0.15, 0.2) is 44.7 Å². The summed E-state index contributed by atoms with van der Waals surface area (Å²) in [6.07, 6.45) is 2.64. The minimum atomic E-state index is -0.969.